The third-order valence-corrected chi connectivity index (χ3v) is 5.12. The zero-order chi connectivity index (χ0) is 21.0. The van der Waals surface area contributed by atoms with Crippen molar-refractivity contribution < 1.29 is 19.1 Å². The predicted molar refractivity (Wildman–Crippen MR) is 110 cm³/mol. The molecule has 1 heterocycles. The molecule has 2 atom stereocenters. The fraction of sp³-hybridized carbons (Fsp3) is 0.348. The van der Waals surface area contributed by atoms with Gasteiger partial charge in [-0.05, 0) is 38.0 Å². The summed E-state index contributed by atoms with van der Waals surface area (Å²) in [6.45, 7) is 5.71. The van der Waals surface area contributed by atoms with E-state index in [1.54, 1.807) is 4.90 Å². The fourth-order valence-electron chi connectivity index (χ4n) is 3.57. The molecule has 1 aliphatic rings. The van der Waals surface area contributed by atoms with Crippen LogP contribution in [0.1, 0.15) is 36.1 Å². The Kier molecular flexibility index (Phi) is 6.32. The Bertz CT molecular complexity index is 910. The molecule has 152 valence electrons. The topological polar surface area (TPSA) is 75.7 Å². The number of amides is 2. The van der Waals surface area contributed by atoms with Crippen LogP contribution in [0.25, 0.3) is 0 Å². The first-order chi connectivity index (χ1) is 13.8. The van der Waals surface area contributed by atoms with Crippen LogP contribution in [0.2, 0.25) is 0 Å². The highest BCUT2D eigenvalue weighted by Gasteiger charge is 2.36. The van der Waals surface area contributed by atoms with Crippen molar-refractivity contribution in [2.75, 3.05) is 18.1 Å². The van der Waals surface area contributed by atoms with Crippen molar-refractivity contribution in [2.45, 2.75) is 33.2 Å². The molecule has 6 nitrogen and oxygen atoms in total. The van der Waals surface area contributed by atoms with Crippen LogP contribution in [0.4, 0.5) is 5.69 Å². The van der Waals surface area contributed by atoms with Gasteiger partial charge in [0, 0.05) is 18.7 Å². The van der Waals surface area contributed by atoms with Gasteiger partial charge in [0.1, 0.15) is 0 Å². The highest BCUT2D eigenvalue weighted by atomic mass is 16.5. The lowest BCUT2D eigenvalue weighted by Gasteiger charge is -2.19. The van der Waals surface area contributed by atoms with Crippen molar-refractivity contribution in [3.63, 3.8) is 0 Å². The third-order valence-electron chi connectivity index (χ3n) is 5.12. The first-order valence-corrected chi connectivity index (χ1v) is 9.73. The number of hydrogen-bond donors (Lipinski definition) is 1. The van der Waals surface area contributed by atoms with E-state index in [4.69, 9.17) is 4.74 Å². The molecule has 6 heteroatoms. The monoisotopic (exact) mass is 394 g/mol. The van der Waals surface area contributed by atoms with Crippen LogP contribution in [-0.4, -0.2) is 30.9 Å². The maximum absolute atomic E-state index is 12.4. The van der Waals surface area contributed by atoms with Crippen molar-refractivity contribution in [1.29, 1.82) is 0 Å². The number of nitrogens with one attached hydrogen (secondary N) is 1. The molecule has 0 bridgehead atoms. The maximum atomic E-state index is 12.4. The standard InChI is InChI=1S/C23H26N2O4/c1-15-9-10-20(16(2)11-15)25-13-19(12-22(25)27)23(28)29-14-21(26)24-17(3)18-7-5-4-6-8-18/h4-11,17,19H,12-14H2,1-3H3,(H,24,26)/t17-,19+/m1/s1. The number of esters is 1. The molecule has 0 radical (unpaired) electrons. The summed E-state index contributed by atoms with van der Waals surface area (Å²) in [5.41, 5.74) is 3.88. The normalized spacial score (nSPS) is 17.1. The van der Waals surface area contributed by atoms with Gasteiger partial charge >= 0.3 is 5.97 Å². The van der Waals surface area contributed by atoms with E-state index in [2.05, 4.69) is 5.32 Å². The Morgan fingerprint density at radius 1 is 1.17 bits per heavy atom. The van der Waals surface area contributed by atoms with Crippen molar-refractivity contribution >= 4 is 23.5 Å². The molecule has 3 rings (SSSR count). The number of nitrogens with zero attached hydrogens (tertiary/aromatic N) is 1. The molecule has 29 heavy (non-hydrogen) atoms. The van der Waals surface area contributed by atoms with E-state index in [0.29, 0.717) is 0 Å². The smallest absolute Gasteiger partial charge is 0.311 e. The Balaban J connectivity index is 1.52. The molecule has 1 saturated heterocycles. The van der Waals surface area contributed by atoms with Crippen molar-refractivity contribution in [3.8, 4) is 0 Å². The summed E-state index contributed by atoms with van der Waals surface area (Å²) in [6, 6.07) is 15.2. The first kappa shape index (κ1) is 20.6. The van der Waals surface area contributed by atoms with Crippen LogP contribution >= 0.6 is 0 Å². The Morgan fingerprint density at radius 2 is 1.90 bits per heavy atom. The highest BCUT2D eigenvalue weighted by Crippen LogP contribution is 2.29. The number of ether oxygens (including phenoxy) is 1. The Hall–Kier alpha value is -3.15. The molecular weight excluding hydrogens is 368 g/mol. The number of benzene rings is 2. The predicted octanol–water partition coefficient (Wildman–Crippen LogP) is 3.08. The molecule has 1 fully saturated rings. The van der Waals surface area contributed by atoms with Gasteiger partial charge < -0.3 is 15.0 Å². The molecule has 0 aliphatic carbocycles. The average Bonchev–Trinajstić information content (AvgIpc) is 3.08. The van der Waals surface area contributed by atoms with Crippen molar-refractivity contribution in [1.82, 2.24) is 5.32 Å². The summed E-state index contributed by atoms with van der Waals surface area (Å²) in [6.07, 6.45) is 0.0915. The number of aryl methyl sites for hydroxylation is 2. The van der Waals surface area contributed by atoms with Crippen LogP contribution in [0.15, 0.2) is 48.5 Å². The number of hydrogen-bond acceptors (Lipinski definition) is 4. The number of rotatable bonds is 6. The Morgan fingerprint density at radius 3 is 2.59 bits per heavy atom. The molecule has 0 unspecified atom stereocenters. The van der Waals surface area contributed by atoms with Gasteiger partial charge in [-0.3, -0.25) is 14.4 Å². The molecular formula is C23H26N2O4. The van der Waals surface area contributed by atoms with Gasteiger partial charge in [0.25, 0.3) is 5.91 Å². The van der Waals surface area contributed by atoms with Crippen molar-refractivity contribution in [2.24, 2.45) is 5.92 Å². The largest absolute Gasteiger partial charge is 0.455 e. The van der Waals surface area contributed by atoms with E-state index in [1.165, 1.54) is 0 Å². The zero-order valence-electron chi connectivity index (χ0n) is 17.0. The van der Waals surface area contributed by atoms with Gasteiger partial charge in [0.2, 0.25) is 5.91 Å². The van der Waals surface area contributed by atoms with Crippen LogP contribution in [0, 0.1) is 19.8 Å². The minimum atomic E-state index is -0.567. The van der Waals surface area contributed by atoms with Gasteiger partial charge in [-0.1, -0.05) is 48.0 Å². The van der Waals surface area contributed by atoms with Gasteiger partial charge in [-0.15, -0.1) is 0 Å². The van der Waals surface area contributed by atoms with E-state index in [0.717, 1.165) is 22.4 Å². The number of carbonyl (C=O) groups is 3. The second-order valence-corrected chi connectivity index (χ2v) is 7.50. The molecule has 2 aromatic carbocycles. The van der Waals surface area contributed by atoms with Gasteiger partial charge in [-0.2, -0.15) is 0 Å². The van der Waals surface area contributed by atoms with E-state index in [9.17, 15) is 14.4 Å². The fourth-order valence-corrected chi connectivity index (χ4v) is 3.57. The molecule has 0 saturated carbocycles. The minimum absolute atomic E-state index is 0.0915. The van der Waals surface area contributed by atoms with Crippen LogP contribution in [0.3, 0.4) is 0 Å². The van der Waals surface area contributed by atoms with Crippen molar-refractivity contribution in [3.05, 3.63) is 65.2 Å². The number of carbonyl (C=O) groups excluding carboxylic acids is 3. The summed E-state index contributed by atoms with van der Waals surface area (Å²) in [5.74, 6) is -1.57. The van der Waals surface area contributed by atoms with E-state index >= 15 is 0 Å². The summed E-state index contributed by atoms with van der Waals surface area (Å²) < 4.78 is 5.18. The van der Waals surface area contributed by atoms with Gasteiger partial charge in [0.15, 0.2) is 6.61 Å². The summed E-state index contributed by atoms with van der Waals surface area (Å²) in [4.78, 5) is 38.5. The summed E-state index contributed by atoms with van der Waals surface area (Å²) in [5, 5.41) is 2.80. The number of anilines is 1. The maximum Gasteiger partial charge on any atom is 0.311 e. The molecule has 2 aromatic rings. The molecule has 1 N–H and O–H groups in total. The molecule has 2 amide bonds. The third kappa shape index (κ3) is 5.02. The lowest BCUT2D eigenvalue weighted by Crippen LogP contribution is -2.33. The zero-order valence-corrected chi connectivity index (χ0v) is 17.0. The summed E-state index contributed by atoms with van der Waals surface area (Å²) in [7, 11) is 0. The average molecular weight is 394 g/mol. The molecule has 0 spiro atoms. The van der Waals surface area contributed by atoms with Crippen LogP contribution in [0.5, 0.6) is 0 Å². The second kappa shape index (κ2) is 8.90. The lowest BCUT2D eigenvalue weighted by atomic mass is 10.1. The van der Waals surface area contributed by atoms with Crippen LogP contribution in [-0.2, 0) is 19.1 Å². The minimum Gasteiger partial charge on any atom is -0.455 e. The second-order valence-electron chi connectivity index (χ2n) is 7.50. The molecule has 1 aliphatic heterocycles. The first-order valence-electron chi connectivity index (χ1n) is 9.73. The highest BCUT2D eigenvalue weighted by molar-refractivity contribution is 6.00. The summed E-state index contributed by atoms with van der Waals surface area (Å²) >= 11 is 0. The van der Waals surface area contributed by atoms with E-state index in [1.807, 2.05) is 69.3 Å². The van der Waals surface area contributed by atoms with E-state index < -0.39 is 11.9 Å². The van der Waals surface area contributed by atoms with Crippen LogP contribution < -0.4 is 10.2 Å². The van der Waals surface area contributed by atoms with Gasteiger partial charge in [0.05, 0.1) is 12.0 Å². The van der Waals surface area contributed by atoms with E-state index in [-0.39, 0.29) is 37.4 Å². The quantitative estimate of drug-likeness (QED) is 0.764. The SMILES string of the molecule is Cc1ccc(N2C[C@@H](C(=O)OCC(=O)N[C@H](C)c3ccccc3)CC2=O)c(C)c1. The lowest BCUT2D eigenvalue weighted by molar-refractivity contribution is -0.152. The molecule has 0 aromatic heterocycles. The Labute approximate surface area is 170 Å². The van der Waals surface area contributed by atoms with Gasteiger partial charge in [-0.25, -0.2) is 0 Å².